The highest BCUT2D eigenvalue weighted by Crippen LogP contribution is 2.38. The van der Waals surface area contributed by atoms with Crippen molar-refractivity contribution in [1.82, 2.24) is 0 Å². The van der Waals surface area contributed by atoms with Gasteiger partial charge in [0.15, 0.2) is 11.6 Å². The van der Waals surface area contributed by atoms with Crippen molar-refractivity contribution in [2.24, 2.45) is 5.92 Å². The van der Waals surface area contributed by atoms with Crippen molar-refractivity contribution >= 4 is 0 Å². The summed E-state index contributed by atoms with van der Waals surface area (Å²) >= 11 is 0. The van der Waals surface area contributed by atoms with Crippen molar-refractivity contribution in [2.45, 2.75) is 63.9 Å². The van der Waals surface area contributed by atoms with Crippen molar-refractivity contribution in [1.29, 1.82) is 0 Å². The van der Waals surface area contributed by atoms with Crippen LogP contribution in [0.5, 0.6) is 5.75 Å². The first kappa shape index (κ1) is 24.9. The van der Waals surface area contributed by atoms with Crippen LogP contribution < -0.4 is 4.74 Å². The average molecular weight is 457 g/mol. The second-order valence-electron chi connectivity index (χ2n) is 8.57. The molecule has 176 valence electrons. The average Bonchev–Trinajstić information content (AvgIpc) is 2.82. The molecule has 1 aliphatic carbocycles. The number of ether oxygens (including phenoxy) is 1. The molecule has 1 saturated carbocycles. The van der Waals surface area contributed by atoms with Crippen LogP contribution in [0.3, 0.4) is 0 Å². The number of rotatable bonds is 8. The Morgan fingerprint density at radius 2 is 1.88 bits per heavy atom. The lowest BCUT2D eigenvalue weighted by Crippen LogP contribution is -2.14. The Morgan fingerprint density at radius 1 is 1.12 bits per heavy atom. The summed E-state index contributed by atoms with van der Waals surface area (Å²) < 4.78 is 48.7. The molecule has 1 atom stereocenters. The van der Waals surface area contributed by atoms with Crippen LogP contribution in [0.2, 0.25) is 0 Å². The van der Waals surface area contributed by atoms with Crippen LogP contribution in [0.4, 0.5) is 13.2 Å². The molecule has 1 N–H and O–H groups in total. The number of aliphatic hydroxyl groups is 1. The van der Waals surface area contributed by atoms with Crippen molar-refractivity contribution in [3.8, 4) is 17.6 Å². The van der Waals surface area contributed by atoms with Gasteiger partial charge in [0.25, 0.3) is 0 Å². The summed E-state index contributed by atoms with van der Waals surface area (Å²) in [6.07, 6.45) is 5.82. The minimum atomic E-state index is -0.943. The SMILES string of the molecule is C=CCCOc1ccc(C2CCC(C#Cc3ccc(C(O)CCC)cc3F)CC2)c(F)c1F. The van der Waals surface area contributed by atoms with Gasteiger partial charge in [0, 0.05) is 5.92 Å². The number of benzene rings is 2. The highest BCUT2D eigenvalue weighted by molar-refractivity contribution is 5.39. The van der Waals surface area contributed by atoms with E-state index in [1.165, 1.54) is 12.1 Å². The number of halogens is 3. The molecule has 2 aromatic rings. The van der Waals surface area contributed by atoms with Gasteiger partial charge in [-0.25, -0.2) is 8.78 Å². The fourth-order valence-electron chi connectivity index (χ4n) is 4.23. The van der Waals surface area contributed by atoms with Crippen LogP contribution in [0.15, 0.2) is 43.0 Å². The van der Waals surface area contributed by atoms with Crippen molar-refractivity contribution in [3.05, 3.63) is 77.1 Å². The molecule has 0 heterocycles. The van der Waals surface area contributed by atoms with E-state index in [9.17, 15) is 18.3 Å². The molecule has 0 spiro atoms. The predicted molar refractivity (Wildman–Crippen MR) is 125 cm³/mol. The summed E-state index contributed by atoms with van der Waals surface area (Å²) in [5.74, 6) is 3.78. The van der Waals surface area contributed by atoms with E-state index in [1.54, 1.807) is 24.3 Å². The Balaban J connectivity index is 1.60. The number of aliphatic hydroxyl groups excluding tert-OH is 1. The van der Waals surface area contributed by atoms with Gasteiger partial charge in [-0.3, -0.25) is 0 Å². The molecular weight excluding hydrogens is 425 g/mol. The fourth-order valence-corrected chi connectivity index (χ4v) is 4.23. The lowest BCUT2D eigenvalue weighted by atomic mass is 9.78. The fraction of sp³-hybridized carbons (Fsp3) is 0.429. The first-order chi connectivity index (χ1) is 15.9. The maximum atomic E-state index is 14.6. The lowest BCUT2D eigenvalue weighted by molar-refractivity contribution is 0.166. The number of hydrogen-bond acceptors (Lipinski definition) is 2. The summed E-state index contributed by atoms with van der Waals surface area (Å²) in [5.41, 5.74) is 1.25. The maximum absolute atomic E-state index is 14.6. The van der Waals surface area contributed by atoms with Gasteiger partial charge in [-0.15, -0.1) is 6.58 Å². The van der Waals surface area contributed by atoms with E-state index >= 15 is 0 Å². The molecule has 3 rings (SSSR count). The summed E-state index contributed by atoms with van der Waals surface area (Å²) in [6, 6.07) is 7.78. The van der Waals surface area contributed by atoms with E-state index < -0.39 is 23.6 Å². The van der Waals surface area contributed by atoms with Gasteiger partial charge in [0.1, 0.15) is 5.82 Å². The third-order valence-electron chi connectivity index (χ3n) is 6.17. The summed E-state index contributed by atoms with van der Waals surface area (Å²) in [6.45, 7) is 5.80. The van der Waals surface area contributed by atoms with Crippen LogP contribution in [0, 0.1) is 35.2 Å². The topological polar surface area (TPSA) is 29.5 Å². The summed E-state index contributed by atoms with van der Waals surface area (Å²) in [4.78, 5) is 0. The van der Waals surface area contributed by atoms with Crippen LogP contribution in [0.25, 0.3) is 0 Å². The Morgan fingerprint density at radius 3 is 2.55 bits per heavy atom. The molecule has 0 bridgehead atoms. The third kappa shape index (κ3) is 6.42. The minimum Gasteiger partial charge on any atom is -0.490 e. The summed E-state index contributed by atoms with van der Waals surface area (Å²) in [7, 11) is 0. The molecule has 0 amide bonds. The van der Waals surface area contributed by atoms with Crippen LogP contribution in [0.1, 0.15) is 80.6 Å². The highest BCUT2D eigenvalue weighted by atomic mass is 19.2. The molecule has 0 radical (unpaired) electrons. The van der Waals surface area contributed by atoms with E-state index in [-0.39, 0.29) is 24.2 Å². The quantitative estimate of drug-likeness (QED) is 0.258. The van der Waals surface area contributed by atoms with E-state index in [1.807, 2.05) is 6.92 Å². The van der Waals surface area contributed by atoms with Gasteiger partial charge in [0.05, 0.1) is 18.3 Å². The zero-order valence-electron chi connectivity index (χ0n) is 19.0. The Hall–Kier alpha value is -2.71. The zero-order chi connectivity index (χ0) is 23.8. The molecule has 0 saturated heterocycles. The Kier molecular flexibility index (Phi) is 9.03. The highest BCUT2D eigenvalue weighted by Gasteiger charge is 2.26. The molecule has 5 heteroatoms. The monoisotopic (exact) mass is 456 g/mol. The molecule has 1 aliphatic rings. The Labute approximate surface area is 194 Å². The van der Waals surface area contributed by atoms with Crippen molar-refractivity contribution in [3.63, 3.8) is 0 Å². The van der Waals surface area contributed by atoms with Gasteiger partial charge in [-0.05, 0) is 73.8 Å². The molecular formula is C28H31F3O2. The molecule has 1 fully saturated rings. The molecule has 2 aromatic carbocycles. The first-order valence-electron chi connectivity index (χ1n) is 11.6. The van der Waals surface area contributed by atoms with Crippen LogP contribution >= 0.6 is 0 Å². The van der Waals surface area contributed by atoms with Gasteiger partial charge in [-0.1, -0.05) is 43.4 Å². The van der Waals surface area contributed by atoms with E-state index in [0.29, 0.717) is 42.4 Å². The molecule has 0 aliphatic heterocycles. The molecule has 2 nitrogen and oxygen atoms in total. The van der Waals surface area contributed by atoms with Gasteiger partial charge >= 0.3 is 0 Å². The number of hydrogen-bond donors (Lipinski definition) is 1. The second kappa shape index (κ2) is 12.0. The maximum Gasteiger partial charge on any atom is 0.200 e. The Bertz CT molecular complexity index is 1010. The predicted octanol–water partition coefficient (Wildman–Crippen LogP) is 7.22. The molecule has 1 unspecified atom stereocenters. The largest absolute Gasteiger partial charge is 0.490 e. The van der Waals surface area contributed by atoms with E-state index in [4.69, 9.17) is 4.74 Å². The van der Waals surface area contributed by atoms with Crippen molar-refractivity contribution in [2.75, 3.05) is 6.61 Å². The van der Waals surface area contributed by atoms with Gasteiger partial charge < -0.3 is 9.84 Å². The smallest absolute Gasteiger partial charge is 0.200 e. The van der Waals surface area contributed by atoms with E-state index in [0.717, 1.165) is 19.3 Å². The standard InChI is InChI=1S/C28H31F3O2/c1-3-5-17-33-26-16-15-23(27(30)28(26)31)20-10-7-19(8-11-20)9-12-21-13-14-22(18-24(21)29)25(32)6-4-2/h3,13-16,18-20,25,32H,1,4-8,10-11,17H2,2H3. The molecule has 33 heavy (non-hydrogen) atoms. The first-order valence-corrected chi connectivity index (χ1v) is 11.6. The normalized spacial score (nSPS) is 18.8. The minimum absolute atomic E-state index is 0.0733. The van der Waals surface area contributed by atoms with Crippen LogP contribution in [-0.2, 0) is 0 Å². The van der Waals surface area contributed by atoms with Gasteiger partial charge in [-0.2, -0.15) is 4.39 Å². The van der Waals surface area contributed by atoms with Gasteiger partial charge in [0.2, 0.25) is 5.82 Å². The van der Waals surface area contributed by atoms with E-state index in [2.05, 4.69) is 18.4 Å². The lowest BCUT2D eigenvalue weighted by Gasteiger charge is -2.26. The zero-order valence-corrected chi connectivity index (χ0v) is 19.0. The third-order valence-corrected chi connectivity index (χ3v) is 6.17. The van der Waals surface area contributed by atoms with Crippen molar-refractivity contribution < 1.29 is 23.0 Å². The summed E-state index contributed by atoms with van der Waals surface area (Å²) in [5, 5.41) is 10.0. The second-order valence-corrected chi connectivity index (χ2v) is 8.57. The van der Waals surface area contributed by atoms with Crippen LogP contribution in [-0.4, -0.2) is 11.7 Å². The molecule has 0 aromatic heterocycles.